The molecule has 2 aliphatic heterocycles. The second kappa shape index (κ2) is 11.4. The molecular weight excluding hydrogens is 498 g/mol. The van der Waals surface area contributed by atoms with E-state index in [0.29, 0.717) is 69.2 Å². The number of amides is 1. The van der Waals surface area contributed by atoms with Gasteiger partial charge in [0.15, 0.2) is 5.13 Å². The molecule has 2 aromatic carbocycles. The highest BCUT2D eigenvalue weighted by Crippen LogP contribution is 2.34. The highest BCUT2D eigenvalue weighted by Gasteiger charge is 2.27. The monoisotopic (exact) mass is 527 g/mol. The molecule has 0 N–H and O–H groups in total. The number of hydrogen-bond donors (Lipinski definition) is 0. The Balaban J connectivity index is 1.47. The van der Waals surface area contributed by atoms with E-state index in [9.17, 15) is 14.9 Å². The third kappa shape index (κ3) is 5.67. The minimum absolute atomic E-state index is 0.0880. The average molecular weight is 528 g/mol. The van der Waals surface area contributed by atoms with Gasteiger partial charge in [-0.15, -0.1) is 0 Å². The number of nitro benzene ring substituents is 1. The quantitative estimate of drug-likeness (QED) is 0.322. The van der Waals surface area contributed by atoms with Gasteiger partial charge in [-0.2, -0.15) is 0 Å². The molecule has 0 bridgehead atoms. The first-order valence-corrected chi connectivity index (χ1v) is 13.0. The number of benzene rings is 2. The van der Waals surface area contributed by atoms with Gasteiger partial charge in [-0.05, 0) is 24.3 Å². The van der Waals surface area contributed by atoms with Gasteiger partial charge >= 0.3 is 0 Å². The van der Waals surface area contributed by atoms with Gasteiger partial charge in [0.1, 0.15) is 11.4 Å². The fourth-order valence-corrected chi connectivity index (χ4v) is 5.49. The van der Waals surface area contributed by atoms with Crippen molar-refractivity contribution in [3.8, 4) is 5.75 Å². The summed E-state index contributed by atoms with van der Waals surface area (Å²) in [4.78, 5) is 35.9. The second-order valence-corrected chi connectivity index (χ2v) is 9.81. The Bertz CT molecular complexity index is 1270. The summed E-state index contributed by atoms with van der Waals surface area (Å²) in [6.45, 7) is 6.08. The van der Waals surface area contributed by atoms with E-state index >= 15 is 0 Å². The molecule has 1 aromatic heterocycles. The van der Waals surface area contributed by atoms with Crippen LogP contribution in [-0.4, -0.2) is 93.5 Å². The van der Waals surface area contributed by atoms with E-state index in [1.807, 2.05) is 23.1 Å². The maximum atomic E-state index is 13.8. The van der Waals surface area contributed by atoms with Crippen molar-refractivity contribution in [2.75, 3.05) is 82.6 Å². The van der Waals surface area contributed by atoms with Crippen molar-refractivity contribution in [3.63, 3.8) is 0 Å². The summed E-state index contributed by atoms with van der Waals surface area (Å²) in [6, 6.07) is 10.3. The largest absolute Gasteiger partial charge is 0.497 e. The summed E-state index contributed by atoms with van der Waals surface area (Å²) in [6.07, 6.45) is 0. The molecule has 0 unspecified atom stereocenters. The molecule has 196 valence electrons. The number of rotatable bonds is 8. The average Bonchev–Trinajstić information content (AvgIpc) is 3.36. The lowest BCUT2D eigenvalue weighted by atomic mass is 10.1. The van der Waals surface area contributed by atoms with Crippen LogP contribution in [0.1, 0.15) is 10.4 Å². The Labute approximate surface area is 218 Å². The summed E-state index contributed by atoms with van der Waals surface area (Å²) in [7, 11) is 1.60. The van der Waals surface area contributed by atoms with E-state index < -0.39 is 4.92 Å². The Hall–Kier alpha value is -3.32. The van der Waals surface area contributed by atoms with Crippen molar-refractivity contribution in [3.05, 3.63) is 52.1 Å². The van der Waals surface area contributed by atoms with E-state index in [1.54, 1.807) is 24.1 Å². The van der Waals surface area contributed by atoms with Gasteiger partial charge in [0.05, 0.1) is 48.7 Å². The first kappa shape index (κ1) is 25.3. The van der Waals surface area contributed by atoms with Gasteiger partial charge in [0.25, 0.3) is 11.6 Å². The number of fused-ring (bicyclic) bond motifs is 1. The van der Waals surface area contributed by atoms with E-state index in [1.165, 1.54) is 17.4 Å². The number of aromatic nitrogens is 1. The molecule has 0 spiro atoms. The Morgan fingerprint density at radius 3 is 2.54 bits per heavy atom. The van der Waals surface area contributed by atoms with Crippen molar-refractivity contribution < 1.29 is 23.9 Å². The van der Waals surface area contributed by atoms with Crippen LogP contribution in [0.15, 0.2) is 36.4 Å². The SMILES string of the molecule is COc1ccc2sc(N(CCN3CCOCC3)C(=O)c3ccc(N4CCOCC4)c([N+](=O)[O-])c3)nc2c1. The highest BCUT2D eigenvalue weighted by atomic mass is 32.1. The Morgan fingerprint density at radius 1 is 1.11 bits per heavy atom. The molecule has 0 radical (unpaired) electrons. The van der Waals surface area contributed by atoms with Crippen LogP contribution in [0, 0.1) is 10.1 Å². The number of methoxy groups -OCH3 is 1. The molecule has 0 aliphatic carbocycles. The summed E-state index contributed by atoms with van der Waals surface area (Å²) in [5.41, 5.74) is 1.39. The predicted molar refractivity (Wildman–Crippen MR) is 141 cm³/mol. The molecule has 11 nitrogen and oxygen atoms in total. The predicted octanol–water partition coefficient (Wildman–Crippen LogP) is 3.03. The number of ether oxygens (including phenoxy) is 3. The van der Waals surface area contributed by atoms with E-state index in [-0.39, 0.29) is 17.2 Å². The highest BCUT2D eigenvalue weighted by molar-refractivity contribution is 7.22. The molecular formula is C25H29N5O6S. The van der Waals surface area contributed by atoms with Crippen LogP contribution in [0.4, 0.5) is 16.5 Å². The molecule has 12 heteroatoms. The number of anilines is 2. The molecule has 5 rings (SSSR count). The van der Waals surface area contributed by atoms with E-state index in [2.05, 4.69) is 4.90 Å². The number of thiazole rings is 1. The lowest BCUT2D eigenvalue weighted by Crippen LogP contribution is -2.43. The molecule has 2 aliphatic rings. The molecule has 0 atom stereocenters. The van der Waals surface area contributed by atoms with E-state index in [0.717, 1.165) is 23.3 Å². The molecule has 2 saturated heterocycles. The minimum atomic E-state index is -0.427. The van der Waals surface area contributed by atoms with Crippen molar-refractivity contribution >= 4 is 44.0 Å². The standard InChI is InChI=1S/C25H29N5O6S/c1-34-19-3-5-23-20(17-19)26-25(37-23)29(7-6-27-8-12-35-13-9-27)24(31)18-2-4-21(22(16-18)30(32)33)28-10-14-36-15-11-28/h2-5,16-17H,6-15H2,1H3. The van der Waals surface area contributed by atoms with Gasteiger partial charge in [-0.25, -0.2) is 4.98 Å². The minimum Gasteiger partial charge on any atom is -0.497 e. The lowest BCUT2D eigenvalue weighted by molar-refractivity contribution is -0.384. The van der Waals surface area contributed by atoms with Crippen LogP contribution >= 0.6 is 11.3 Å². The number of nitro groups is 1. The first-order chi connectivity index (χ1) is 18.0. The first-order valence-electron chi connectivity index (χ1n) is 12.2. The number of carbonyl (C=O) groups is 1. The lowest BCUT2D eigenvalue weighted by Gasteiger charge is -2.30. The molecule has 37 heavy (non-hydrogen) atoms. The van der Waals surface area contributed by atoms with Gasteiger partial charge in [-0.1, -0.05) is 11.3 Å². The van der Waals surface area contributed by atoms with Crippen LogP contribution in [0.25, 0.3) is 10.2 Å². The normalized spacial score (nSPS) is 16.6. The number of carbonyl (C=O) groups excluding carboxylic acids is 1. The smallest absolute Gasteiger partial charge is 0.293 e. The zero-order chi connectivity index (χ0) is 25.8. The van der Waals surface area contributed by atoms with Crippen LogP contribution in [-0.2, 0) is 9.47 Å². The summed E-state index contributed by atoms with van der Waals surface area (Å²) >= 11 is 1.41. The summed E-state index contributed by atoms with van der Waals surface area (Å²) in [5.74, 6) is 0.362. The van der Waals surface area contributed by atoms with Crippen LogP contribution in [0.2, 0.25) is 0 Å². The Morgan fingerprint density at radius 2 is 1.84 bits per heavy atom. The third-order valence-electron chi connectivity index (χ3n) is 6.57. The summed E-state index contributed by atoms with van der Waals surface area (Å²) < 4.78 is 17.1. The Kier molecular flexibility index (Phi) is 7.79. The molecule has 3 heterocycles. The second-order valence-electron chi connectivity index (χ2n) is 8.80. The maximum absolute atomic E-state index is 13.8. The molecule has 3 aromatic rings. The maximum Gasteiger partial charge on any atom is 0.293 e. The topological polar surface area (TPSA) is 111 Å². The zero-order valence-corrected chi connectivity index (χ0v) is 21.4. The molecule has 2 fully saturated rings. The number of hydrogen-bond acceptors (Lipinski definition) is 10. The van der Waals surface area contributed by atoms with Gasteiger partial charge in [-0.3, -0.25) is 24.7 Å². The van der Waals surface area contributed by atoms with Crippen molar-refractivity contribution in [2.24, 2.45) is 0 Å². The molecule has 1 amide bonds. The van der Waals surface area contributed by atoms with Crippen molar-refractivity contribution in [1.29, 1.82) is 0 Å². The van der Waals surface area contributed by atoms with Crippen molar-refractivity contribution in [2.45, 2.75) is 0 Å². The fourth-order valence-electron chi connectivity index (χ4n) is 4.52. The number of morpholine rings is 2. The molecule has 0 saturated carbocycles. The fraction of sp³-hybridized carbons (Fsp3) is 0.440. The van der Waals surface area contributed by atoms with Gasteiger partial charge < -0.3 is 19.1 Å². The van der Waals surface area contributed by atoms with Crippen LogP contribution < -0.4 is 14.5 Å². The van der Waals surface area contributed by atoms with E-state index in [4.69, 9.17) is 19.2 Å². The van der Waals surface area contributed by atoms with Crippen molar-refractivity contribution in [1.82, 2.24) is 9.88 Å². The van der Waals surface area contributed by atoms with Crippen LogP contribution in [0.3, 0.4) is 0 Å². The number of nitrogens with zero attached hydrogens (tertiary/aromatic N) is 5. The third-order valence-corrected chi connectivity index (χ3v) is 7.63. The summed E-state index contributed by atoms with van der Waals surface area (Å²) in [5, 5.41) is 12.5. The van der Waals surface area contributed by atoms with Gasteiger partial charge in [0, 0.05) is 57.0 Å². The van der Waals surface area contributed by atoms with Crippen LogP contribution in [0.5, 0.6) is 5.75 Å². The zero-order valence-electron chi connectivity index (χ0n) is 20.6. The van der Waals surface area contributed by atoms with Gasteiger partial charge in [0.2, 0.25) is 0 Å².